The van der Waals surface area contributed by atoms with Crippen molar-refractivity contribution in [2.45, 2.75) is 6.61 Å². The Balaban J connectivity index is 1.50. The maximum absolute atomic E-state index is 12.0. The molecule has 0 atom stereocenters. The Labute approximate surface area is 158 Å². The van der Waals surface area contributed by atoms with Crippen LogP contribution in [0.1, 0.15) is 21.5 Å². The van der Waals surface area contributed by atoms with Crippen LogP contribution < -0.4 is 14.9 Å². The van der Waals surface area contributed by atoms with Crippen LogP contribution in [0.3, 0.4) is 0 Å². The second kappa shape index (κ2) is 9.20. The first kappa shape index (κ1) is 18.2. The summed E-state index contributed by atoms with van der Waals surface area (Å²) >= 11 is 0. The first-order chi connectivity index (χ1) is 13.2. The first-order valence-corrected chi connectivity index (χ1v) is 8.49. The van der Waals surface area contributed by atoms with Gasteiger partial charge in [-0.2, -0.15) is 5.10 Å². The lowest BCUT2D eigenvalue weighted by Crippen LogP contribution is -2.17. The van der Waals surface area contributed by atoms with E-state index in [2.05, 4.69) is 10.5 Å². The molecule has 0 radical (unpaired) electrons. The predicted octanol–water partition coefficient (Wildman–Crippen LogP) is 4.04. The third-order valence-electron chi connectivity index (χ3n) is 3.86. The number of rotatable bonds is 7. The highest BCUT2D eigenvalue weighted by atomic mass is 16.5. The summed E-state index contributed by atoms with van der Waals surface area (Å²) in [4.78, 5) is 12.0. The molecule has 0 saturated heterocycles. The Morgan fingerprint density at radius 1 is 0.926 bits per heavy atom. The number of benzene rings is 3. The average molecular weight is 360 g/mol. The number of hydrogen-bond acceptors (Lipinski definition) is 4. The maximum Gasteiger partial charge on any atom is 0.271 e. The number of hydrogen-bond donors (Lipinski definition) is 1. The molecule has 136 valence electrons. The lowest BCUT2D eigenvalue weighted by molar-refractivity contribution is 0.0955. The van der Waals surface area contributed by atoms with E-state index in [0.717, 1.165) is 16.9 Å². The minimum absolute atomic E-state index is 0.281. The van der Waals surface area contributed by atoms with Crippen molar-refractivity contribution in [3.8, 4) is 11.5 Å². The molecule has 0 aliphatic rings. The molecule has 0 aliphatic heterocycles. The number of nitrogens with one attached hydrogen (secondary N) is 1. The molecular weight excluding hydrogens is 340 g/mol. The van der Waals surface area contributed by atoms with E-state index in [1.807, 2.05) is 54.6 Å². The lowest BCUT2D eigenvalue weighted by Gasteiger charge is -2.06. The number of methoxy groups -OCH3 is 1. The van der Waals surface area contributed by atoms with Crippen molar-refractivity contribution in [3.63, 3.8) is 0 Å². The highest BCUT2D eigenvalue weighted by Gasteiger charge is 2.03. The monoisotopic (exact) mass is 360 g/mol. The van der Waals surface area contributed by atoms with Gasteiger partial charge in [-0.25, -0.2) is 5.43 Å². The van der Waals surface area contributed by atoms with E-state index < -0.39 is 0 Å². The van der Waals surface area contributed by atoms with Gasteiger partial charge in [0.2, 0.25) is 0 Å². The normalized spacial score (nSPS) is 10.6. The summed E-state index contributed by atoms with van der Waals surface area (Å²) in [5.41, 5.74) is 4.99. The molecule has 1 amide bonds. The van der Waals surface area contributed by atoms with Crippen LogP contribution in [-0.2, 0) is 6.61 Å². The van der Waals surface area contributed by atoms with E-state index >= 15 is 0 Å². The average Bonchev–Trinajstić information content (AvgIpc) is 2.74. The smallest absolute Gasteiger partial charge is 0.271 e. The van der Waals surface area contributed by atoms with Crippen molar-refractivity contribution >= 4 is 12.1 Å². The predicted molar refractivity (Wildman–Crippen MR) is 105 cm³/mol. The molecule has 0 spiro atoms. The second-order valence-electron chi connectivity index (χ2n) is 5.77. The SMILES string of the molecule is COc1ccc(C(=O)N/N=C/c2ccc(OCc3ccccc3)cc2)cc1. The van der Waals surface area contributed by atoms with E-state index in [1.165, 1.54) is 0 Å². The number of carbonyl (C=O) groups is 1. The molecule has 0 aromatic heterocycles. The third kappa shape index (κ3) is 5.44. The summed E-state index contributed by atoms with van der Waals surface area (Å²) in [6.45, 7) is 0.520. The van der Waals surface area contributed by atoms with Crippen LogP contribution in [0.2, 0.25) is 0 Å². The summed E-state index contributed by atoms with van der Waals surface area (Å²) in [7, 11) is 1.58. The van der Waals surface area contributed by atoms with Crippen LogP contribution >= 0.6 is 0 Å². The molecule has 0 aliphatic carbocycles. The topological polar surface area (TPSA) is 59.9 Å². The molecule has 5 nitrogen and oxygen atoms in total. The zero-order valence-electron chi connectivity index (χ0n) is 15.0. The van der Waals surface area contributed by atoms with E-state index in [9.17, 15) is 4.79 Å². The van der Waals surface area contributed by atoms with Crippen LogP contribution in [0.5, 0.6) is 11.5 Å². The maximum atomic E-state index is 12.0. The molecule has 0 bridgehead atoms. The molecule has 1 N–H and O–H groups in total. The van der Waals surface area contributed by atoms with Crippen LogP contribution in [0.15, 0.2) is 84.0 Å². The fourth-order valence-electron chi connectivity index (χ4n) is 2.36. The number of ether oxygens (including phenoxy) is 2. The standard InChI is InChI=1S/C22H20N2O3/c1-26-20-13-9-19(10-14-20)22(25)24-23-15-17-7-11-21(12-8-17)27-16-18-5-3-2-4-6-18/h2-15H,16H2,1H3,(H,24,25)/b23-15+. The van der Waals surface area contributed by atoms with Gasteiger partial charge in [-0.1, -0.05) is 30.3 Å². The molecule has 0 fully saturated rings. The number of hydrazone groups is 1. The molecule has 0 heterocycles. The van der Waals surface area contributed by atoms with Gasteiger partial charge in [-0.15, -0.1) is 0 Å². The first-order valence-electron chi connectivity index (χ1n) is 8.49. The number of amides is 1. The van der Waals surface area contributed by atoms with Gasteiger partial charge < -0.3 is 9.47 Å². The summed E-state index contributed by atoms with van der Waals surface area (Å²) in [5.74, 6) is 1.19. The van der Waals surface area contributed by atoms with E-state index in [-0.39, 0.29) is 5.91 Å². The van der Waals surface area contributed by atoms with E-state index in [4.69, 9.17) is 9.47 Å². The Morgan fingerprint density at radius 2 is 1.59 bits per heavy atom. The zero-order chi connectivity index (χ0) is 18.9. The van der Waals surface area contributed by atoms with Crippen molar-refractivity contribution in [2.75, 3.05) is 7.11 Å². The van der Waals surface area contributed by atoms with Gasteiger partial charge in [-0.3, -0.25) is 4.79 Å². The Morgan fingerprint density at radius 3 is 2.26 bits per heavy atom. The summed E-state index contributed by atoms with van der Waals surface area (Å²) in [5, 5.41) is 3.99. The van der Waals surface area contributed by atoms with Crippen molar-refractivity contribution in [2.24, 2.45) is 5.10 Å². The molecular formula is C22H20N2O3. The summed E-state index contributed by atoms with van der Waals surface area (Å²) in [6, 6.07) is 24.3. The van der Waals surface area contributed by atoms with Gasteiger partial charge in [0.1, 0.15) is 18.1 Å². The highest BCUT2D eigenvalue weighted by Crippen LogP contribution is 2.14. The minimum Gasteiger partial charge on any atom is -0.497 e. The number of carbonyl (C=O) groups excluding carboxylic acids is 1. The largest absolute Gasteiger partial charge is 0.497 e. The minimum atomic E-state index is -0.281. The highest BCUT2D eigenvalue weighted by molar-refractivity contribution is 5.95. The fraction of sp³-hybridized carbons (Fsp3) is 0.0909. The molecule has 5 heteroatoms. The van der Waals surface area contributed by atoms with Crippen LogP contribution in [0, 0.1) is 0 Å². The van der Waals surface area contributed by atoms with Gasteiger partial charge in [0.05, 0.1) is 13.3 Å². The zero-order valence-corrected chi connectivity index (χ0v) is 15.0. The summed E-state index contributed by atoms with van der Waals surface area (Å²) < 4.78 is 10.8. The molecule has 3 aromatic carbocycles. The quantitative estimate of drug-likeness (QED) is 0.511. The van der Waals surface area contributed by atoms with Crippen LogP contribution in [0.25, 0.3) is 0 Å². The Kier molecular flexibility index (Phi) is 6.20. The van der Waals surface area contributed by atoms with Crippen LogP contribution in [-0.4, -0.2) is 19.2 Å². The van der Waals surface area contributed by atoms with E-state index in [0.29, 0.717) is 17.9 Å². The molecule has 0 unspecified atom stereocenters. The third-order valence-corrected chi connectivity index (χ3v) is 3.86. The van der Waals surface area contributed by atoms with Gasteiger partial charge in [0.25, 0.3) is 5.91 Å². The lowest BCUT2D eigenvalue weighted by atomic mass is 10.2. The van der Waals surface area contributed by atoms with Crippen molar-refractivity contribution in [3.05, 3.63) is 95.6 Å². The van der Waals surface area contributed by atoms with Crippen molar-refractivity contribution < 1.29 is 14.3 Å². The van der Waals surface area contributed by atoms with Crippen LogP contribution in [0.4, 0.5) is 0 Å². The van der Waals surface area contributed by atoms with Crippen molar-refractivity contribution in [1.29, 1.82) is 0 Å². The Bertz CT molecular complexity index is 889. The molecule has 3 aromatic rings. The van der Waals surface area contributed by atoms with Gasteiger partial charge >= 0.3 is 0 Å². The fourth-order valence-corrected chi connectivity index (χ4v) is 2.36. The molecule has 3 rings (SSSR count). The molecule has 27 heavy (non-hydrogen) atoms. The van der Waals surface area contributed by atoms with Gasteiger partial charge in [-0.05, 0) is 59.7 Å². The molecule has 0 saturated carbocycles. The second-order valence-corrected chi connectivity index (χ2v) is 5.77. The van der Waals surface area contributed by atoms with E-state index in [1.54, 1.807) is 37.6 Å². The van der Waals surface area contributed by atoms with Crippen molar-refractivity contribution in [1.82, 2.24) is 5.43 Å². The Hall–Kier alpha value is -3.60. The number of nitrogens with zero attached hydrogens (tertiary/aromatic N) is 1. The summed E-state index contributed by atoms with van der Waals surface area (Å²) in [6.07, 6.45) is 1.59. The van der Waals surface area contributed by atoms with Gasteiger partial charge in [0.15, 0.2) is 0 Å². The van der Waals surface area contributed by atoms with Gasteiger partial charge in [0, 0.05) is 5.56 Å².